The number of nitrogens with one attached hydrogen (secondary N) is 1. The molecule has 1 saturated heterocycles. The molecular formula is C18H23NO4S2. The minimum Gasteiger partial charge on any atom is -0.482 e. The number of carbonyl (C=O) groups excluding carboxylic acids is 3. The molecule has 2 heterocycles. The molecule has 7 heteroatoms. The monoisotopic (exact) mass is 381 g/mol. The molecule has 2 atom stereocenters. The van der Waals surface area contributed by atoms with Crippen molar-refractivity contribution >= 4 is 46.1 Å². The molecule has 0 aromatic carbocycles. The number of rotatable bonds is 8. The Hall–Kier alpha value is -1.60. The minimum atomic E-state index is -0.584. The van der Waals surface area contributed by atoms with Crippen LogP contribution < -0.4 is 5.32 Å². The van der Waals surface area contributed by atoms with Gasteiger partial charge in [0.15, 0.2) is 5.05 Å². The molecule has 1 amide bonds. The van der Waals surface area contributed by atoms with Gasteiger partial charge in [-0.15, -0.1) is 0 Å². The molecule has 1 aromatic rings. The summed E-state index contributed by atoms with van der Waals surface area (Å²) in [6.45, 7) is 4.76. The van der Waals surface area contributed by atoms with Crippen molar-refractivity contribution in [2.24, 2.45) is 17.8 Å². The molecular weight excluding hydrogens is 358 g/mol. The second-order valence-corrected chi connectivity index (χ2v) is 7.86. The molecule has 0 radical (unpaired) electrons. The summed E-state index contributed by atoms with van der Waals surface area (Å²) in [5, 5.41) is 6.88. The maximum absolute atomic E-state index is 12.7. The van der Waals surface area contributed by atoms with Crippen molar-refractivity contribution in [3.05, 3.63) is 22.4 Å². The van der Waals surface area contributed by atoms with Gasteiger partial charge in [0.1, 0.15) is 12.4 Å². The van der Waals surface area contributed by atoms with Crippen molar-refractivity contribution in [2.45, 2.75) is 39.7 Å². The van der Waals surface area contributed by atoms with E-state index < -0.39 is 17.6 Å². The van der Waals surface area contributed by atoms with Crippen molar-refractivity contribution in [3.63, 3.8) is 0 Å². The fourth-order valence-electron chi connectivity index (χ4n) is 2.85. The summed E-state index contributed by atoms with van der Waals surface area (Å²) in [4.78, 5) is 36.0. The second-order valence-electron chi connectivity index (χ2n) is 6.62. The number of Topliss-reactive ketones (excluding diaryl/α,β-unsaturated/α-hetero) is 2. The van der Waals surface area contributed by atoms with Crippen LogP contribution in [0.4, 0.5) is 0 Å². The van der Waals surface area contributed by atoms with Crippen molar-refractivity contribution in [2.75, 3.05) is 6.54 Å². The summed E-state index contributed by atoms with van der Waals surface area (Å²) < 4.78 is 5.60. The maximum atomic E-state index is 12.7. The molecule has 1 aromatic heterocycles. The molecule has 0 bridgehead atoms. The molecule has 5 nitrogen and oxygen atoms in total. The van der Waals surface area contributed by atoms with Crippen molar-refractivity contribution < 1.29 is 19.1 Å². The van der Waals surface area contributed by atoms with Gasteiger partial charge in [0.25, 0.3) is 5.91 Å². The number of ketones is 2. The molecule has 0 spiro atoms. The Morgan fingerprint density at radius 3 is 2.84 bits per heavy atom. The van der Waals surface area contributed by atoms with Crippen LogP contribution in [-0.4, -0.2) is 29.1 Å². The van der Waals surface area contributed by atoms with Crippen LogP contribution in [0.15, 0.2) is 16.8 Å². The van der Waals surface area contributed by atoms with Crippen molar-refractivity contribution in [3.8, 4) is 0 Å². The first-order valence-electron chi connectivity index (χ1n) is 8.40. The van der Waals surface area contributed by atoms with E-state index >= 15 is 0 Å². The Morgan fingerprint density at radius 2 is 2.20 bits per heavy atom. The van der Waals surface area contributed by atoms with Crippen LogP contribution in [0, 0.1) is 17.8 Å². The van der Waals surface area contributed by atoms with E-state index in [1.807, 2.05) is 30.7 Å². The zero-order valence-electron chi connectivity index (χ0n) is 14.4. The SMILES string of the molecule is CC(C)C(CC(=S)OCc1ccsc1)C(=O)CC1CCNC(=O)C1=O. The second kappa shape index (κ2) is 9.20. The smallest absolute Gasteiger partial charge is 0.287 e. The first-order chi connectivity index (χ1) is 11.9. The first kappa shape index (κ1) is 19.7. The summed E-state index contributed by atoms with van der Waals surface area (Å²) in [6.07, 6.45) is 0.978. The average Bonchev–Trinajstić information content (AvgIpc) is 3.08. The molecule has 1 aliphatic heterocycles. The van der Waals surface area contributed by atoms with Gasteiger partial charge in [0.05, 0.1) is 0 Å². The topological polar surface area (TPSA) is 72.5 Å². The van der Waals surface area contributed by atoms with Gasteiger partial charge in [-0.3, -0.25) is 14.4 Å². The normalized spacial score (nSPS) is 18.8. The van der Waals surface area contributed by atoms with Gasteiger partial charge in [-0.05, 0) is 46.9 Å². The van der Waals surface area contributed by atoms with E-state index in [-0.39, 0.29) is 24.0 Å². The van der Waals surface area contributed by atoms with Crippen molar-refractivity contribution in [1.29, 1.82) is 0 Å². The van der Waals surface area contributed by atoms with Gasteiger partial charge in [-0.1, -0.05) is 13.8 Å². The number of hydrogen-bond acceptors (Lipinski definition) is 6. The number of carbonyl (C=O) groups is 3. The average molecular weight is 382 g/mol. The Kier molecular flexibility index (Phi) is 7.25. The number of ether oxygens (including phenoxy) is 1. The van der Waals surface area contributed by atoms with E-state index in [1.54, 1.807) is 11.3 Å². The molecule has 1 N–H and O–H groups in total. The Bertz CT molecular complexity index is 640. The molecule has 25 heavy (non-hydrogen) atoms. The number of thiocarbonyl (C=S) groups is 1. The lowest BCUT2D eigenvalue weighted by Crippen LogP contribution is -2.43. The molecule has 0 saturated carbocycles. The molecule has 0 aliphatic carbocycles. The molecule has 136 valence electrons. The fraction of sp³-hybridized carbons (Fsp3) is 0.556. The summed E-state index contributed by atoms with van der Waals surface area (Å²) in [5.74, 6) is -1.82. The predicted octanol–water partition coefficient (Wildman–Crippen LogP) is 2.92. The lowest BCUT2D eigenvalue weighted by Gasteiger charge is -2.24. The Morgan fingerprint density at radius 1 is 1.44 bits per heavy atom. The summed E-state index contributed by atoms with van der Waals surface area (Å²) in [7, 11) is 0. The summed E-state index contributed by atoms with van der Waals surface area (Å²) in [6, 6.07) is 1.97. The zero-order valence-corrected chi connectivity index (χ0v) is 16.1. The van der Waals surface area contributed by atoms with Gasteiger partial charge >= 0.3 is 0 Å². The summed E-state index contributed by atoms with van der Waals surface area (Å²) >= 11 is 6.88. The third kappa shape index (κ3) is 5.71. The number of piperidine rings is 1. The Labute approximate surface area is 157 Å². The third-order valence-electron chi connectivity index (χ3n) is 4.41. The van der Waals surface area contributed by atoms with Gasteiger partial charge in [-0.2, -0.15) is 11.3 Å². The van der Waals surface area contributed by atoms with Crippen LogP contribution in [0.1, 0.15) is 38.7 Å². The largest absolute Gasteiger partial charge is 0.482 e. The van der Waals surface area contributed by atoms with E-state index in [0.29, 0.717) is 31.0 Å². The van der Waals surface area contributed by atoms with Gasteiger partial charge in [0.2, 0.25) is 5.78 Å². The number of hydrogen-bond donors (Lipinski definition) is 1. The van der Waals surface area contributed by atoms with E-state index in [9.17, 15) is 14.4 Å². The predicted molar refractivity (Wildman–Crippen MR) is 100 cm³/mol. The molecule has 2 unspecified atom stereocenters. The van der Waals surface area contributed by atoms with Crippen molar-refractivity contribution in [1.82, 2.24) is 5.32 Å². The number of amides is 1. The quantitative estimate of drug-likeness (QED) is 0.554. The molecule has 1 aliphatic rings. The minimum absolute atomic E-state index is 0.0236. The van der Waals surface area contributed by atoms with Crippen LogP contribution in [0.2, 0.25) is 0 Å². The van der Waals surface area contributed by atoms with E-state index in [0.717, 1.165) is 5.56 Å². The van der Waals surface area contributed by atoms with E-state index in [1.165, 1.54) is 0 Å². The van der Waals surface area contributed by atoms with Gasteiger partial charge in [-0.25, -0.2) is 0 Å². The zero-order chi connectivity index (χ0) is 18.4. The number of thiophene rings is 1. The highest BCUT2D eigenvalue weighted by atomic mass is 32.1. The highest BCUT2D eigenvalue weighted by molar-refractivity contribution is 7.80. The standard InChI is InChI=1S/C18H23NO4S2/c1-11(2)14(8-16(24)23-9-12-4-6-25-10-12)15(20)7-13-3-5-19-18(22)17(13)21/h4,6,10-11,13-14H,3,5,7-9H2,1-2H3,(H,19,22). The Balaban J connectivity index is 1.90. The van der Waals surface area contributed by atoms with Crippen LogP contribution in [0.3, 0.4) is 0 Å². The van der Waals surface area contributed by atoms with Gasteiger partial charge < -0.3 is 10.1 Å². The highest BCUT2D eigenvalue weighted by Gasteiger charge is 2.34. The molecule has 1 fully saturated rings. The molecule has 2 rings (SSSR count). The van der Waals surface area contributed by atoms with Crippen LogP contribution in [-0.2, 0) is 25.7 Å². The summed E-state index contributed by atoms with van der Waals surface area (Å²) in [5.41, 5.74) is 1.05. The van der Waals surface area contributed by atoms with E-state index in [2.05, 4.69) is 5.32 Å². The lowest BCUT2D eigenvalue weighted by atomic mass is 9.82. The maximum Gasteiger partial charge on any atom is 0.287 e. The van der Waals surface area contributed by atoms with Crippen LogP contribution >= 0.6 is 23.6 Å². The first-order valence-corrected chi connectivity index (χ1v) is 9.75. The lowest BCUT2D eigenvalue weighted by molar-refractivity contribution is -0.143. The van der Waals surface area contributed by atoms with Gasteiger partial charge in [0, 0.05) is 31.2 Å². The highest BCUT2D eigenvalue weighted by Crippen LogP contribution is 2.24. The third-order valence-corrected chi connectivity index (χ3v) is 5.42. The van der Waals surface area contributed by atoms with Crippen LogP contribution in [0.25, 0.3) is 0 Å². The van der Waals surface area contributed by atoms with E-state index in [4.69, 9.17) is 17.0 Å². The fourth-order valence-corrected chi connectivity index (χ4v) is 3.74. The van der Waals surface area contributed by atoms with Crippen LogP contribution in [0.5, 0.6) is 0 Å².